The molecule has 1 fully saturated rings. The molecule has 0 unspecified atom stereocenters. The molecular formula is C24H31N3O5. The van der Waals surface area contributed by atoms with E-state index >= 15 is 0 Å². The number of rotatable bonds is 7. The normalized spacial score (nSPS) is 17.0. The van der Waals surface area contributed by atoms with E-state index in [4.69, 9.17) is 28.7 Å². The molecule has 0 spiro atoms. The Morgan fingerprint density at radius 1 is 1.00 bits per heavy atom. The highest BCUT2D eigenvalue weighted by Crippen LogP contribution is 2.41. The number of benzene rings is 2. The number of ether oxygens (including phenoxy) is 5. The summed E-state index contributed by atoms with van der Waals surface area (Å²) in [6, 6.07) is 11.9. The zero-order chi connectivity index (χ0) is 22.4. The number of nitrogens with zero attached hydrogens (tertiary/aromatic N) is 1. The van der Waals surface area contributed by atoms with Gasteiger partial charge in [0, 0.05) is 36.9 Å². The molecule has 2 N–H and O–H groups in total. The van der Waals surface area contributed by atoms with Gasteiger partial charge < -0.3 is 34.3 Å². The number of nitrogens with one attached hydrogen (secondary N) is 2. The number of hydrogen-bond acceptors (Lipinski definition) is 6. The maximum Gasteiger partial charge on any atom is 0.231 e. The van der Waals surface area contributed by atoms with Gasteiger partial charge in [-0.15, -0.1) is 0 Å². The lowest BCUT2D eigenvalue weighted by molar-refractivity contribution is 0.0530. The highest BCUT2D eigenvalue weighted by Gasteiger charge is 2.35. The first kappa shape index (κ1) is 22.1. The van der Waals surface area contributed by atoms with Gasteiger partial charge in [-0.1, -0.05) is 6.07 Å². The van der Waals surface area contributed by atoms with Crippen LogP contribution in [-0.4, -0.2) is 53.3 Å². The Bertz CT molecular complexity index is 957. The number of fused-ring (bicyclic) bond motifs is 1. The van der Waals surface area contributed by atoms with Gasteiger partial charge >= 0.3 is 0 Å². The van der Waals surface area contributed by atoms with Gasteiger partial charge in [-0.25, -0.2) is 0 Å². The average molecular weight is 442 g/mol. The minimum absolute atomic E-state index is 0.126. The Kier molecular flexibility index (Phi) is 6.90. The molecule has 0 aliphatic carbocycles. The summed E-state index contributed by atoms with van der Waals surface area (Å²) >= 11 is 0. The van der Waals surface area contributed by atoms with Crippen LogP contribution in [0, 0.1) is 0 Å². The molecule has 0 aromatic heterocycles. The zero-order valence-electron chi connectivity index (χ0n) is 18.9. The fourth-order valence-electron chi connectivity index (χ4n) is 4.11. The summed E-state index contributed by atoms with van der Waals surface area (Å²) < 4.78 is 27.5. The van der Waals surface area contributed by atoms with Crippen LogP contribution >= 0.6 is 0 Å². The van der Waals surface area contributed by atoms with Crippen molar-refractivity contribution >= 4 is 11.6 Å². The second-order valence-electron chi connectivity index (χ2n) is 7.85. The van der Waals surface area contributed by atoms with Gasteiger partial charge in [0.2, 0.25) is 6.79 Å². The number of hydrogen-bond donors (Lipinski definition) is 2. The van der Waals surface area contributed by atoms with Crippen LogP contribution in [0.2, 0.25) is 0 Å². The quantitative estimate of drug-likeness (QED) is 0.502. The van der Waals surface area contributed by atoms with Crippen LogP contribution in [0.3, 0.4) is 0 Å². The molecule has 0 saturated carbocycles. The maximum atomic E-state index is 5.67. The van der Waals surface area contributed by atoms with Crippen LogP contribution < -0.4 is 29.6 Å². The molecular weight excluding hydrogens is 410 g/mol. The SMILES string of the molecule is CCNC(=NCC1(c2ccc3c(c2)OCO3)CCOCC1)Nc1ccc(OC)c(OC)c1. The lowest BCUT2D eigenvalue weighted by Crippen LogP contribution is -2.39. The van der Waals surface area contributed by atoms with Crippen LogP contribution in [-0.2, 0) is 10.2 Å². The van der Waals surface area contributed by atoms with Gasteiger partial charge in [0.05, 0.1) is 20.8 Å². The van der Waals surface area contributed by atoms with Crippen LogP contribution in [0.15, 0.2) is 41.4 Å². The summed E-state index contributed by atoms with van der Waals surface area (Å²) in [6.07, 6.45) is 1.79. The highest BCUT2D eigenvalue weighted by atomic mass is 16.7. The maximum absolute atomic E-state index is 5.67. The minimum Gasteiger partial charge on any atom is -0.493 e. The van der Waals surface area contributed by atoms with Crippen LogP contribution in [0.25, 0.3) is 0 Å². The van der Waals surface area contributed by atoms with Crippen molar-refractivity contribution in [2.75, 3.05) is 52.6 Å². The van der Waals surface area contributed by atoms with E-state index in [0.29, 0.717) is 37.2 Å². The third-order valence-corrected chi connectivity index (χ3v) is 5.97. The Labute approximate surface area is 188 Å². The van der Waals surface area contributed by atoms with Crippen molar-refractivity contribution in [1.82, 2.24) is 5.32 Å². The van der Waals surface area contributed by atoms with E-state index in [1.54, 1.807) is 14.2 Å². The Morgan fingerprint density at radius 2 is 1.78 bits per heavy atom. The summed E-state index contributed by atoms with van der Waals surface area (Å²) in [4.78, 5) is 4.97. The fourth-order valence-corrected chi connectivity index (χ4v) is 4.11. The van der Waals surface area contributed by atoms with Gasteiger partial charge in [-0.2, -0.15) is 0 Å². The van der Waals surface area contributed by atoms with Crippen molar-refractivity contribution in [2.45, 2.75) is 25.2 Å². The molecule has 2 aromatic carbocycles. The molecule has 2 aromatic rings. The van der Waals surface area contributed by atoms with E-state index in [1.165, 1.54) is 5.56 Å². The smallest absolute Gasteiger partial charge is 0.231 e. The van der Waals surface area contributed by atoms with Crippen molar-refractivity contribution in [1.29, 1.82) is 0 Å². The van der Waals surface area contributed by atoms with Crippen molar-refractivity contribution in [3.05, 3.63) is 42.0 Å². The molecule has 2 heterocycles. The molecule has 0 bridgehead atoms. The summed E-state index contributed by atoms with van der Waals surface area (Å²) in [7, 11) is 3.25. The molecule has 0 radical (unpaired) electrons. The molecule has 0 amide bonds. The fraction of sp³-hybridized carbons (Fsp3) is 0.458. The third kappa shape index (κ3) is 4.70. The second-order valence-corrected chi connectivity index (χ2v) is 7.85. The van der Waals surface area contributed by atoms with E-state index in [9.17, 15) is 0 Å². The molecule has 2 aliphatic heterocycles. The van der Waals surface area contributed by atoms with Crippen molar-refractivity contribution in [2.24, 2.45) is 4.99 Å². The molecule has 8 nitrogen and oxygen atoms in total. The van der Waals surface area contributed by atoms with E-state index < -0.39 is 0 Å². The first-order valence-electron chi connectivity index (χ1n) is 10.9. The van der Waals surface area contributed by atoms with Crippen molar-refractivity contribution in [3.8, 4) is 23.0 Å². The summed E-state index contributed by atoms with van der Waals surface area (Å²) in [5.74, 6) is 3.65. The van der Waals surface area contributed by atoms with Crippen LogP contribution in [0.5, 0.6) is 23.0 Å². The zero-order valence-corrected chi connectivity index (χ0v) is 18.9. The largest absolute Gasteiger partial charge is 0.493 e. The lowest BCUT2D eigenvalue weighted by atomic mass is 9.74. The molecule has 2 aliphatic rings. The predicted octanol–water partition coefficient (Wildman–Crippen LogP) is 3.56. The Morgan fingerprint density at radius 3 is 2.53 bits per heavy atom. The topological polar surface area (TPSA) is 82.6 Å². The van der Waals surface area contributed by atoms with Gasteiger partial charge in [0.25, 0.3) is 0 Å². The Hall–Kier alpha value is -3.13. The summed E-state index contributed by atoms with van der Waals surface area (Å²) in [5, 5.41) is 6.72. The standard InChI is InChI=1S/C24H31N3O5/c1-4-25-23(27-18-6-8-19(28-2)21(14-18)29-3)26-15-24(9-11-30-12-10-24)17-5-7-20-22(13-17)32-16-31-20/h5-8,13-14H,4,9-12,15-16H2,1-3H3,(H2,25,26,27). The molecule has 172 valence electrons. The summed E-state index contributed by atoms with van der Waals surface area (Å²) in [5.41, 5.74) is 1.95. The average Bonchev–Trinajstić information content (AvgIpc) is 3.31. The highest BCUT2D eigenvalue weighted by molar-refractivity contribution is 5.94. The van der Waals surface area contributed by atoms with Crippen molar-refractivity contribution < 1.29 is 23.7 Å². The lowest BCUT2D eigenvalue weighted by Gasteiger charge is -2.36. The van der Waals surface area contributed by atoms with Gasteiger partial charge in [0.15, 0.2) is 29.0 Å². The van der Waals surface area contributed by atoms with Crippen LogP contribution in [0.1, 0.15) is 25.3 Å². The minimum atomic E-state index is -0.126. The molecule has 4 rings (SSSR count). The second kappa shape index (κ2) is 9.99. The number of anilines is 1. The van der Waals surface area contributed by atoms with Gasteiger partial charge in [0.1, 0.15) is 0 Å². The van der Waals surface area contributed by atoms with Crippen molar-refractivity contribution in [3.63, 3.8) is 0 Å². The van der Waals surface area contributed by atoms with E-state index in [1.807, 2.05) is 31.2 Å². The number of guanidine groups is 1. The number of aliphatic imine (C=N–C) groups is 1. The Balaban J connectivity index is 1.58. The molecule has 1 saturated heterocycles. The first-order chi connectivity index (χ1) is 15.7. The predicted molar refractivity (Wildman–Crippen MR) is 123 cm³/mol. The molecule has 8 heteroatoms. The number of methoxy groups -OCH3 is 2. The van der Waals surface area contributed by atoms with E-state index in [2.05, 4.69) is 22.8 Å². The van der Waals surface area contributed by atoms with Crippen LogP contribution in [0.4, 0.5) is 5.69 Å². The first-order valence-corrected chi connectivity index (χ1v) is 10.9. The molecule has 32 heavy (non-hydrogen) atoms. The summed E-state index contributed by atoms with van der Waals surface area (Å²) in [6.45, 7) is 5.12. The van der Waals surface area contributed by atoms with Gasteiger partial charge in [-0.05, 0) is 49.6 Å². The van der Waals surface area contributed by atoms with E-state index in [-0.39, 0.29) is 12.2 Å². The van der Waals surface area contributed by atoms with Gasteiger partial charge in [-0.3, -0.25) is 4.99 Å². The third-order valence-electron chi connectivity index (χ3n) is 5.97. The molecule has 0 atom stereocenters. The monoisotopic (exact) mass is 441 g/mol. The van der Waals surface area contributed by atoms with E-state index in [0.717, 1.165) is 36.6 Å².